The Kier molecular flexibility index (Phi) is 6.22. The molecule has 3 rings (SSSR count). The maximum Gasteiger partial charge on any atom is 0.228 e. The molecule has 0 saturated heterocycles. The summed E-state index contributed by atoms with van der Waals surface area (Å²) in [5.41, 5.74) is 5.62. The van der Waals surface area contributed by atoms with Crippen molar-refractivity contribution in [3.63, 3.8) is 0 Å². The highest BCUT2D eigenvalue weighted by atomic mass is 16.2. The van der Waals surface area contributed by atoms with Crippen LogP contribution >= 0.6 is 0 Å². The third kappa shape index (κ3) is 5.81. The molecular formula is C24H24N2O2. The average Bonchev–Trinajstić information content (AvgIpc) is 2.66. The molecule has 2 amide bonds. The Bertz CT molecular complexity index is 884. The summed E-state index contributed by atoms with van der Waals surface area (Å²) >= 11 is 0. The summed E-state index contributed by atoms with van der Waals surface area (Å²) in [6.07, 6.45) is 0.530. The van der Waals surface area contributed by atoms with E-state index in [0.29, 0.717) is 0 Å². The summed E-state index contributed by atoms with van der Waals surface area (Å²) in [5, 5.41) is 5.79. The zero-order valence-corrected chi connectivity index (χ0v) is 16.2. The number of carbonyl (C=O) groups is 2. The van der Waals surface area contributed by atoms with Gasteiger partial charge in [-0.25, -0.2) is 0 Å². The van der Waals surface area contributed by atoms with Gasteiger partial charge >= 0.3 is 0 Å². The maximum atomic E-state index is 12.3. The van der Waals surface area contributed by atoms with Gasteiger partial charge in [0.2, 0.25) is 11.8 Å². The van der Waals surface area contributed by atoms with Crippen LogP contribution in [-0.4, -0.2) is 11.8 Å². The second-order valence-corrected chi connectivity index (χ2v) is 7.00. The van der Waals surface area contributed by atoms with E-state index in [-0.39, 0.29) is 24.7 Å². The molecule has 0 radical (unpaired) electrons. The van der Waals surface area contributed by atoms with Crippen LogP contribution in [0.3, 0.4) is 0 Å². The average molecular weight is 372 g/mol. The number of carbonyl (C=O) groups excluding carboxylic acids is 2. The van der Waals surface area contributed by atoms with Gasteiger partial charge in [0, 0.05) is 11.4 Å². The van der Waals surface area contributed by atoms with E-state index in [0.717, 1.165) is 33.6 Å². The molecule has 0 heterocycles. The van der Waals surface area contributed by atoms with E-state index in [1.54, 1.807) is 0 Å². The summed E-state index contributed by atoms with van der Waals surface area (Å²) in [5.74, 6) is -0.157. The van der Waals surface area contributed by atoms with Crippen molar-refractivity contribution in [1.29, 1.82) is 0 Å². The number of nitrogens with one attached hydrogen (secondary N) is 2. The van der Waals surface area contributed by atoms with Crippen molar-refractivity contribution in [2.75, 3.05) is 10.6 Å². The van der Waals surface area contributed by atoms with E-state index in [4.69, 9.17) is 0 Å². The Morgan fingerprint density at radius 1 is 0.643 bits per heavy atom. The van der Waals surface area contributed by atoms with Crippen LogP contribution in [0.15, 0.2) is 72.8 Å². The lowest BCUT2D eigenvalue weighted by Crippen LogP contribution is -2.16. The zero-order chi connectivity index (χ0) is 19.9. The number of amides is 2. The van der Waals surface area contributed by atoms with Gasteiger partial charge in [-0.05, 0) is 49.2 Å². The highest BCUT2D eigenvalue weighted by Gasteiger charge is 2.08. The third-order valence-corrected chi connectivity index (χ3v) is 4.39. The van der Waals surface area contributed by atoms with Crippen LogP contribution < -0.4 is 10.6 Å². The summed E-state index contributed by atoms with van der Waals surface area (Å²) in [6, 6.07) is 23.0. The number of aryl methyl sites for hydroxylation is 2. The van der Waals surface area contributed by atoms with Gasteiger partial charge in [-0.1, -0.05) is 59.7 Å². The predicted molar refractivity (Wildman–Crippen MR) is 113 cm³/mol. The Morgan fingerprint density at radius 3 is 1.43 bits per heavy atom. The fourth-order valence-electron chi connectivity index (χ4n) is 2.90. The number of hydrogen-bond acceptors (Lipinski definition) is 2. The van der Waals surface area contributed by atoms with Crippen LogP contribution in [0.4, 0.5) is 11.4 Å². The molecular weight excluding hydrogens is 348 g/mol. The topological polar surface area (TPSA) is 58.2 Å². The highest BCUT2D eigenvalue weighted by Crippen LogP contribution is 2.13. The number of rotatable bonds is 6. The summed E-state index contributed by atoms with van der Waals surface area (Å²) < 4.78 is 0. The molecule has 0 saturated carbocycles. The first-order chi connectivity index (χ1) is 13.5. The smallest absolute Gasteiger partial charge is 0.228 e. The lowest BCUT2D eigenvalue weighted by atomic mass is 10.1. The molecule has 4 heteroatoms. The van der Waals surface area contributed by atoms with Crippen LogP contribution in [0, 0.1) is 13.8 Å². The fourth-order valence-corrected chi connectivity index (χ4v) is 2.90. The highest BCUT2D eigenvalue weighted by molar-refractivity contribution is 5.93. The van der Waals surface area contributed by atoms with Crippen molar-refractivity contribution in [3.8, 4) is 0 Å². The van der Waals surface area contributed by atoms with E-state index in [1.165, 1.54) is 0 Å². The minimum Gasteiger partial charge on any atom is -0.326 e. The second kappa shape index (κ2) is 9.00. The Hall–Kier alpha value is -3.40. The predicted octanol–water partition coefficient (Wildman–Crippen LogP) is 4.67. The van der Waals surface area contributed by atoms with Gasteiger partial charge in [0.05, 0.1) is 12.8 Å². The molecule has 0 aliphatic heterocycles. The van der Waals surface area contributed by atoms with Crippen LogP contribution in [-0.2, 0) is 22.4 Å². The van der Waals surface area contributed by atoms with Gasteiger partial charge < -0.3 is 10.6 Å². The molecule has 2 N–H and O–H groups in total. The first-order valence-corrected chi connectivity index (χ1v) is 9.29. The molecule has 4 nitrogen and oxygen atoms in total. The SMILES string of the molecule is Cc1ccc(NC(=O)Cc2cccc(CC(=O)Nc3ccc(C)cc3)c2)cc1. The van der Waals surface area contributed by atoms with Crippen molar-refractivity contribution >= 4 is 23.2 Å². The maximum absolute atomic E-state index is 12.3. The van der Waals surface area contributed by atoms with Crippen LogP contribution in [0.2, 0.25) is 0 Å². The van der Waals surface area contributed by atoms with E-state index in [1.807, 2.05) is 86.6 Å². The van der Waals surface area contributed by atoms with Crippen LogP contribution in [0.1, 0.15) is 22.3 Å². The number of benzene rings is 3. The lowest BCUT2D eigenvalue weighted by molar-refractivity contribution is -0.116. The normalized spacial score (nSPS) is 10.4. The quantitative estimate of drug-likeness (QED) is 0.661. The molecule has 0 aliphatic carbocycles. The molecule has 28 heavy (non-hydrogen) atoms. The lowest BCUT2D eigenvalue weighted by Gasteiger charge is -2.08. The first-order valence-electron chi connectivity index (χ1n) is 9.29. The largest absolute Gasteiger partial charge is 0.326 e. The van der Waals surface area contributed by atoms with Gasteiger partial charge in [-0.2, -0.15) is 0 Å². The van der Waals surface area contributed by atoms with Crippen LogP contribution in [0.5, 0.6) is 0 Å². The van der Waals surface area contributed by atoms with Gasteiger partial charge in [-0.3, -0.25) is 9.59 Å². The van der Waals surface area contributed by atoms with Crippen molar-refractivity contribution in [1.82, 2.24) is 0 Å². The summed E-state index contributed by atoms with van der Waals surface area (Å²) in [4.78, 5) is 24.6. The molecule has 142 valence electrons. The minimum atomic E-state index is -0.0786. The molecule has 3 aromatic rings. The van der Waals surface area contributed by atoms with Crippen molar-refractivity contribution < 1.29 is 9.59 Å². The van der Waals surface area contributed by atoms with Gasteiger partial charge in [0.15, 0.2) is 0 Å². The molecule has 3 aromatic carbocycles. The first kappa shape index (κ1) is 19.4. The van der Waals surface area contributed by atoms with Crippen molar-refractivity contribution in [2.45, 2.75) is 26.7 Å². The summed E-state index contributed by atoms with van der Waals surface area (Å²) in [7, 11) is 0. The van der Waals surface area contributed by atoms with Gasteiger partial charge in [0.25, 0.3) is 0 Å². The fraction of sp³-hybridized carbons (Fsp3) is 0.167. The zero-order valence-electron chi connectivity index (χ0n) is 16.2. The number of hydrogen-bond donors (Lipinski definition) is 2. The minimum absolute atomic E-state index is 0.0786. The molecule has 0 atom stereocenters. The van der Waals surface area contributed by atoms with Gasteiger partial charge in [0.1, 0.15) is 0 Å². The third-order valence-electron chi connectivity index (χ3n) is 4.39. The molecule has 0 fully saturated rings. The monoisotopic (exact) mass is 372 g/mol. The van der Waals surface area contributed by atoms with Crippen molar-refractivity contribution in [3.05, 3.63) is 95.1 Å². The Balaban J connectivity index is 1.57. The second-order valence-electron chi connectivity index (χ2n) is 7.00. The van der Waals surface area contributed by atoms with Gasteiger partial charge in [-0.15, -0.1) is 0 Å². The van der Waals surface area contributed by atoms with E-state index < -0.39 is 0 Å². The number of anilines is 2. The standard InChI is InChI=1S/C24H24N2O2/c1-17-6-10-21(11-7-17)25-23(27)15-19-4-3-5-20(14-19)16-24(28)26-22-12-8-18(2)9-13-22/h3-14H,15-16H2,1-2H3,(H,25,27)(H,26,28). The molecule has 0 aromatic heterocycles. The van der Waals surface area contributed by atoms with E-state index in [9.17, 15) is 9.59 Å². The molecule has 0 spiro atoms. The summed E-state index contributed by atoms with van der Waals surface area (Å²) in [6.45, 7) is 4.01. The molecule has 0 unspecified atom stereocenters. The van der Waals surface area contributed by atoms with E-state index >= 15 is 0 Å². The molecule has 0 aliphatic rings. The molecule has 0 bridgehead atoms. The van der Waals surface area contributed by atoms with Crippen molar-refractivity contribution in [2.24, 2.45) is 0 Å². The Morgan fingerprint density at radius 2 is 1.04 bits per heavy atom. The Labute approximate surface area is 165 Å². The van der Waals surface area contributed by atoms with Crippen LogP contribution in [0.25, 0.3) is 0 Å². The van der Waals surface area contributed by atoms with E-state index in [2.05, 4.69) is 10.6 Å².